The number of benzene rings is 3. The third kappa shape index (κ3) is 16.7. The smallest absolute Gasteiger partial charge is 0.166 e. The summed E-state index contributed by atoms with van der Waals surface area (Å²) in [4.78, 5) is 22.0. The summed E-state index contributed by atoms with van der Waals surface area (Å²) in [6, 6.07) is 18.4. The lowest BCUT2D eigenvalue weighted by atomic mass is 10.1. The van der Waals surface area contributed by atoms with E-state index in [4.69, 9.17) is 0 Å². The lowest BCUT2D eigenvalue weighted by Gasteiger charge is -2.15. The Morgan fingerprint density at radius 3 is 1.44 bits per heavy atom. The first-order valence-electron chi connectivity index (χ1n) is 13.3. The number of Topliss-reactive ketones (excluding diaryl/α,β-unsaturated/α-hetero) is 2. The molecule has 0 aliphatic heterocycles. The molecule has 0 aromatic heterocycles. The van der Waals surface area contributed by atoms with Crippen molar-refractivity contribution in [2.45, 2.75) is 80.4 Å². The summed E-state index contributed by atoms with van der Waals surface area (Å²) in [6.07, 6.45) is 5.52. The number of allylic oxidation sites excluding steroid dienone is 2. The van der Waals surface area contributed by atoms with Gasteiger partial charge in [-0.2, -0.15) is 4.40 Å². The second-order valence-corrected chi connectivity index (χ2v) is 11.9. The van der Waals surface area contributed by atoms with Crippen molar-refractivity contribution in [3.05, 3.63) is 132 Å². The van der Waals surface area contributed by atoms with Gasteiger partial charge in [0, 0.05) is 12.0 Å². The summed E-state index contributed by atoms with van der Waals surface area (Å²) in [6.45, 7) is 14.0. The zero-order valence-electron chi connectivity index (χ0n) is 24.5. The number of halogens is 3. The highest BCUT2D eigenvalue weighted by Gasteiger charge is 2.20. The number of carbonyl (C=O) groups excluding carboxylic acids is 2. The van der Waals surface area contributed by atoms with E-state index in [2.05, 4.69) is 17.6 Å². The minimum Gasteiger partial charge on any atom is -0.294 e. The number of nitrogens with zero attached hydrogens (tertiary/aromatic N) is 1. The molecule has 3 rings (SSSR count). The van der Waals surface area contributed by atoms with Crippen molar-refractivity contribution >= 4 is 28.3 Å². The first-order valence-corrected chi connectivity index (χ1v) is 14.4. The van der Waals surface area contributed by atoms with Gasteiger partial charge in [-0.25, -0.2) is 17.4 Å². The molecule has 0 fully saturated rings. The van der Waals surface area contributed by atoms with Crippen LogP contribution in [0.2, 0.25) is 0 Å². The van der Waals surface area contributed by atoms with Crippen LogP contribution in [0.3, 0.4) is 0 Å². The van der Waals surface area contributed by atoms with Crippen molar-refractivity contribution in [1.29, 1.82) is 0 Å². The fourth-order valence-electron chi connectivity index (χ4n) is 3.20. The lowest BCUT2D eigenvalue weighted by molar-refractivity contribution is 0.0977. The predicted octanol–water partition coefficient (Wildman–Crippen LogP) is 11.0. The maximum atomic E-state index is 13.8. The largest absolute Gasteiger partial charge is 0.294 e. The highest BCUT2D eigenvalue weighted by atomic mass is 32.2. The van der Waals surface area contributed by atoms with Crippen LogP contribution in [0.1, 0.15) is 102 Å². The van der Waals surface area contributed by atoms with Crippen LogP contribution in [0.25, 0.3) is 0 Å². The Morgan fingerprint density at radius 2 is 1.09 bits per heavy atom. The summed E-state index contributed by atoms with van der Waals surface area (Å²) in [5.41, 5.74) is 1.28. The molecule has 3 aromatic rings. The minimum atomic E-state index is -1.39. The Labute approximate surface area is 271 Å². The highest BCUT2D eigenvalue weighted by Crippen LogP contribution is 2.18. The van der Waals surface area contributed by atoms with Crippen LogP contribution in [-0.2, 0) is 11.0 Å². The lowest BCUT2D eigenvalue weighted by Crippen LogP contribution is -2.21. The van der Waals surface area contributed by atoms with Gasteiger partial charge in [0.2, 0.25) is 0 Å². The SMILES string of the molecule is C.C.C.C=CCCC(=NS(=O)C(C)(C)C)c1ccccc1F.C=CCCC(=O)c1ccccc1F.CC(=O)c1ccccc1F. The summed E-state index contributed by atoms with van der Waals surface area (Å²) in [7, 11) is -1.39. The topological polar surface area (TPSA) is 63.6 Å². The zero-order valence-corrected chi connectivity index (χ0v) is 25.4. The average molecular weight is 646 g/mol. The molecule has 1 unspecified atom stereocenters. The summed E-state index contributed by atoms with van der Waals surface area (Å²) < 4.78 is 55.3. The molecule has 0 spiro atoms. The Kier molecular flexibility index (Phi) is 23.7. The summed E-state index contributed by atoms with van der Waals surface area (Å²) in [5.74, 6) is -1.64. The first-order chi connectivity index (χ1) is 19.8. The molecule has 45 heavy (non-hydrogen) atoms. The van der Waals surface area contributed by atoms with Gasteiger partial charge in [0.15, 0.2) is 11.6 Å². The van der Waals surface area contributed by atoms with Crippen LogP contribution in [0.4, 0.5) is 13.2 Å². The second kappa shape index (κ2) is 23.5. The fraction of sp³-hybridized carbons (Fsp3) is 0.324. The molecule has 1 atom stereocenters. The van der Waals surface area contributed by atoms with Crippen molar-refractivity contribution in [2.24, 2.45) is 4.40 Å². The van der Waals surface area contributed by atoms with Gasteiger partial charge in [-0.05, 0) is 77.3 Å². The normalized spacial score (nSPS) is 10.9. The number of hydrogen-bond acceptors (Lipinski definition) is 3. The van der Waals surface area contributed by atoms with Crippen LogP contribution < -0.4 is 0 Å². The van der Waals surface area contributed by atoms with Crippen molar-refractivity contribution in [2.75, 3.05) is 0 Å². The quantitative estimate of drug-likeness (QED) is 0.125. The van der Waals surface area contributed by atoms with Gasteiger partial charge in [-0.3, -0.25) is 9.59 Å². The summed E-state index contributed by atoms with van der Waals surface area (Å²) in [5, 5.41) is 0. The third-order valence-corrected chi connectivity index (χ3v) is 6.92. The maximum Gasteiger partial charge on any atom is 0.166 e. The van der Waals surface area contributed by atoms with E-state index in [1.54, 1.807) is 54.6 Å². The maximum absolute atomic E-state index is 13.8. The van der Waals surface area contributed by atoms with Gasteiger partial charge >= 0.3 is 0 Å². The number of hydrogen-bond donors (Lipinski definition) is 0. The Morgan fingerprint density at radius 1 is 0.711 bits per heavy atom. The Hall–Kier alpha value is -3.91. The van der Waals surface area contributed by atoms with Crippen molar-refractivity contribution in [3.63, 3.8) is 0 Å². The molecule has 0 radical (unpaired) electrons. The zero-order chi connectivity index (χ0) is 31.7. The molecule has 248 valence electrons. The van der Waals surface area contributed by atoms with Crippen LogP contribution in [0, 0.1) is 17.5 Å². The minimum absolute atomic E-state index is 0. The van der Waals surface area contributed by atoms with Crippen LogP contribution in [0.15, 0.2) is 103 Å². The molecule has 0 saturated heterocycles. The van der Waals surface area contributed by atoms with Crippen LogP contribution >= 0.6 is 0 Å². The van der Waals surface area contributed by atoms with E-state index >= 15 is 0 Å². The van der Waals surface area contributed by atoms with Crippen LogP contribution in [0.5, 0.6) is 0 Å². The van der Waals surface area contributed by atoms with E-state index in [0.717, 1.165) is 0 Å². The number of rotatable bonds is 10. The van der Waals surface area contributed by atoms with E-state index in [-0.39, 0.29) is 50.8 Å². The Balaban J connectivity index is -0.000000598. The standard InChI is InChI=1S/C15H20FNOS.C11H11FO.C8H7FO.3CH4/c1-5-6-11-14(17-19(18)15(2,3)4)12-9-7-8-10-13(12)16;1-2-3-8-11(13)9-6-4-5-7-10(9)12;1-6(10)7-4-2-3-5-8(7)9;;;/h5,7-10H,1,6,11H2,2-4H3;2,4-7H,1,3,8H2;2-5H,1H3;3*1H4. The summed E-state index contributed by atoms with van der Waals surface area (Å²) >= 11 is 0. The van der Waals surface area contributed by atoms with E-state index < -0.39 is 27.4 Å². The average Bonchev–Trinajstić information content (AvgIpc) is 2.95. The van der Waals surface area contributed by atoms with Gasteiger partial charge in [0.05, 0.1) is 21.6 Å². The molecule has 3 aromatic carbocycles. The molecule has 4 nitrogen and oxygen atoms in total. The number of carbonyl (C=O) groups is 2. The van der Waals surface area contributed by atoms with Crippen molar-refractivity contribution in [3.8, 4) is 0 Å². The molecule has 8 heteroatoms. The molecular weight excluding hydrogens is 595 g/mol. The Bertz CT molecular complexity index is 1410. The van der Waals surface area contributed by atoms with Crippen molar-refractivity contribution < 1.29 is 27.0 Å². The highest BCUT2D eigenvalue weighted by molar-refractivity contribution is 7.85. The van der Waals surface area contributed by atoms with Gasteiger partial charge in [-0.15, -0.1) is 13.2 Å². The van der Waals surface area contributed by atoms with Crippen LogP contribution in [-0.4, -0.2) is 26.2 Å². The second-order valence-electron chi connectivity index (χ2n) is 9.97. The molecule has 0 N–H and O–H groups in total. The third-order valence-electron chi connectivity index (χ3n) is 5.49. The molecule has 0 heterocycles. The fourth-order valence-corrected chi connectivity index (χ4v) is 3.87. The van der Waals surface area contributed by atoms with E-state index in [1.165, 1.54) is 37.3 Å². The molecule has 0 aliphatic rings. The molecular formula is C37H50F3NO3S. The van der Waals surface area contributed by atoms with Gasteiger partial charge < -0.3 is 0 Å². The molecule has 0 aliphatic carbocycles. The molecule has 0 bridgehead atoms. The van der Waals surface area contributed by atoms with Gasteiger partial charge in [-0.1, -0.05) is 76.9 Å². The molecule has 0 amide bonds. The van der Waals surface area contributed by atoms with Crippen molar-refractivity contribution in [1.82, 2.24) is 0 Å². The predicted molar refractivity (Wildman–Crippen MR) is 187 cm³/mol. The number of ketones is 2. The van der Waals surface area contributed by atoms with Gasteiger partial charge in [0.1, 0.15) is 28.4 Å². The van der Waals surface area contributed by atoms with E-state index in [1.807, 2.05) is 20.8 Å². The van der Waals surface area contributed by atoms with Gasteiger partial charge in [0.25, 0.3) is 0 Å². The van der Waals surface area contributed by atoms with E-state index in [9.17, 15) is 27.0 Å². The first kappa shape index (κ1) is 45.5. The monoisotopic (exact) mass is 645 g/mol. The molecule has 0 saturated carbocycles. The van der Waals surface area contributed by atoms with E-state index in [0.29, 0.717) is 37.0 Å².